The molecule has 2 nitrogen and oxygen atoms in total. The zero-order chi connectivity index (χ0) is 13.3. The van der Waals surface area contributed by atoms with Crippen molar-refractivity contribution in [2.75, 3.05) is 32.2 Å². The van der Waals surface area contributed by atoms with Crippen molar-refractivity contribution in [1.29, 1.82) is 0 Å². The lowest BCUT2D eigenvalue weighted by Gasteiger charge is -2.05. The number of rotatable bonds is 15. The molecule has 0 aromatic carbocycles. The van der Waals surface area contributed by atoms with Gasteiger partial charge in [0.15, 0.2) is 0 Å². The Morgan fingerprint density at radius 1 is 0.778 bits per heavy atom. The highest BCUT2D eigenvalue weighted by molar-refractivity contribution is 6.17. The van der Waals surface area contributed by atoms with E-state index in [0.29, 0.717) is 12.5 Å². The van der Waals surface area contributed by atoms with Crippen LogP contribution < -0.4 is 5.32 Å². The molecule has 0 rings (SSSR count). The van der Waals surface area contributed by atoms with Crippen LogP contribution in [-0.2, 0) is 4.74 Å². The number of nitrogens with one attached hydrogen (secondary N) is 1. The van der Waals surface area contributed by atoms with E-state index in [1.807, 2.05) is 0 Å². The monoisotopic (exact) mass is 277 g/mol. The molecule has 0 amide bonds. The van der Waals surface area contributed by atoms with E-state index in [4.69, 9.17) is 16.3 Å². The summed E-state index contributed by atoms with van der Waals surface area (Å²) in [5.41, 5.74) is 0. The summed E-state index contributed by atoms with van der Waals surface area (Å²) in [6, 6.07) is 0. The van der Waals surface area contributed by atoms with Crippen LogP contribution in [0, 0.1) is 0 Å². The van der Waals surface area contributed by atoms with Gasteiger partial charge in [0.25, 0.3) is 0 Å². The molecule has 0 saturated heterocycles. The van der Waals surface area contributed by atoms with Gasteiger partial charge in [0.05, 0.1) is 6.61 Å². The van der Waals surface area contributed by atoms with Gasteiger partial charge in [-0.3, -0.25) is 0 Å². The van der Waals surface area contributed by atoms with Crippen molar-refractivity contribution < 1.29 is 4.74 Å². The molecular weight excluding hydrogens is 246 g/mol. The molecule has 0 atom stereocenters. The molecule has 0 spiro atoms. The summed E-state index contributed by atoms with van der Waals surface area (Å²) >= 11 is 5.51. The summed E-state index contributed by atoms with van der Waals surface area (Å²) in [6.07, 6.45) is 12.2. The zero-order valence-corrected chi connectivity index (χ0v) is 12.9. The molecule has 3 heteroatoms. The Bertz CT molecular complexity index is 128. The maximum absolute atomic E-state index is 5.51. The SMILES string of the molecule is CCCCCCCCCCNCCCOCCCl. The third kappa shape index (κ3) is 16.2. The van der Waals surface area contributed by atoms with Crippen molar-refractivity contribution in [2.24, 2.45) is 0 Å². The molecule has 18 heavy (non-hydrogen) atoms. The van der Waals surface area contributed by atoms with E-state index in [-0.39, 0.29) is 0 Å². The number of ether oxygens (including phenoxy) is 1. The fourth-order valence-corrected chi connectivity index (χ4v) is 2.07. The van der Waals surface area contributed by atoms with Gasteiger partial charge < -0.3 is 10.1 Å². The molecule has 0 saturated carbocycles. The van der Waals surface area contributed by atoms with Crippen molar-refractivity contribution in [3.63, 3.8) is 0 Å². The smallest absolute Gasteiger partial charge is 0.0601 e. The van der Waals surface area contributed by atoms with Gasteiger partial charge in [0, 0.05) is 12.5 Å². The van der Waals surface area contributed by atoms with Gasteiger partial charge in [-0.25, -0.2) is 0 Å². The van der Waals surface area contributed by atoms with Crippen molar-refractivity contribution in [3.05, 3.63) is 0 Å². The van der Waals surface area contributed by atoms with Crippen molar-refractivity contribution in [3.8, 4) is 0 Å². The maximum atomic E-state index is 5.51. The second-order valence-corrected chi connectivity index (χ2v) is 5.26. The van der Waals surface area contributed by atoms with E-state index in [2.05, 4.69) is 12.2 Å². The highest BCUT2D eigenvalue weighted by Crippen LogP contribution is 2.07. The second-order valence-electron chi connectivity index (χ2n) is 4.88. The lowest BCUT2D eigenvalue weighted by Crippen LogP contribution is -2.18. The molecule has 0 radical (unpaired) electrons. The first-order valence-electron chi connectivity index (χ1n) is 7.76. The van der Waals surface area contributed by atoms with Crippen molar-refractivity contribution in [2.45, 2.75) is 64.7 Å². The number of unbranched alkanes of at least 4 members (excludes halogenated alkanes) is 7. The largest absolute Gasteiger partial charge is 0.380 e. The molecule has 0 aliphatic carbocycles. The Hall–Kier alpha value is 0.210. The van der Waals surface area contributed by atoms with Crippen LogP contribution in [0.1, 0.15) is 64.7 Å². The summed E-state index contributed by atoms with van der Waals surface area (Å²) < 4.78 is 5.30. The summed E-state index contributed by atoms with van der Waals surface area (Å²) in [6.45, 7) is 6.01. The molecular formula is C15H32ClNO. The lowest BCUT2D eigenvalue weighted by atomic mass is 10.1. The van der Waals surface area contributed by atoms with Crippen LogP contribution >= 0.6 is 11.6 Å². The van der Waals surface area contributed by atoms with E-state index in [1.54, 1.807) is 0 Å². The Kier molecular flexibility index (Phi) is 17.4. The summed E-state index contributed by atoms with van der Waals surface area (Å²) in [5.74, 6) is 0.603. The Morgan fingerprint density at radius 2 is 1.39 bits per heavy atom. The van der Waals surface area contributed by atoms with Crippen molar-refractivity contribution >= 4 is 11.6 Å². The molecule has 0 aliphatic rings. The molecule has 110 valence electrons. The van der Waals surface area contributed by atoms with Gasteiger partial charge in [0.2, 0.25) is 0 Å². The standard InChI is InChI=1S/C15H32ClNO/c1-2-3-4-5-6-7-8-9-12-17-13-10-14-18-15-11-16/h17H,2-15H2,1H3. The van der Waals surface area contributed by atoms with E-state index in [9.17, 15) is 0 Å². The average Bonchev–Trinajstić information content (AvgIpc) is 2.39. The van der Waals surface area contributed by atoms with Crippen LogP contribution in [0.2, 0.25) is 0 Å². The van der Waals surface area contributed by atoms with Crippen LogP contribution in [0.3, 0.4) is 0 Å². The van der Waals surface area contributed by atoms with Crippen LogP contribution in [-0.4, -0.2) is 32.2 Å². The van der Waals surface area contributed by atoms with Gasteiger partial charge in [-0.2, -0.15) is 0 Å². The maximum Gasteiger partial charge on any atom is 0.0601 e. The number of alkyl halides is 1. The molecule has 0 heterocycles. The zero-order valence-electron chi connectivity index (χ0n) is 12.2. The number of halogens is 1. The lowest BCUT2D eigenvalue weighted by molar-refractivity contribution is 0.146. The highest BCUT2D eigenvalue weighted by Gasteiger charge is 1.92. The van der Waals surface area contributed by atoms with Gasteiger partial charge in [-0.15, -0.1) is 11.6 Å². The third-order valence-corrected chi connectivity index (χ3v) is 3.23. The summed E-state index contributed by atoms with van der Waals surface area (Å²) in [5, 5.41) is 3.46. The average molecular weight is 278 g/mol. The molecule has 0 aromatic heterocycles. The summed E-state index contributed by atoms with van der Waals surface area (Å²) in [7, 11) is 0. The minimum Gasteiger partial charge on any atom is -0.380 e. The van der Waals surface area contributed by atoms with Crippen LogP contribution in [0.4, 0.5) is 0 Å². The van der Waals surface area contributed by atoms with Crippen molar-refractivity contribution in [1.82, 2.24) is 5.32 Å². The number of hydrogen-bond donors (Lipinski definition) is 1. The Morgan fingerprint density at radius 3 is 2.06 bits per heavy atom. The molecule has 0 fully saturated rings. The van der Waals surface area contributed by atoms with E-state index in [0.717, 1.165) is 26.1 Å². The minimum absolute atomic E-state index is 0.603. The molecule has 1 N–H and O–H groups in total. The van der Waals surface area contributed by atoms with Gasteiger partial charge in [0.1, 0.15) is 0 Å². The normalized spacial score (nSPS) is 11.0. The fourth-order valence-electron chi connectivity index (χ4n) is 1.96. The third-order valence-electron chi connectivity index (χ3n) is 3.07. The first-order chi connectivity index (χ1) is 8.91. The highest BCUT2D eigenvalue weighted by atomic mass is 35.5. The summed E-state index contributed by atoms with van der Waals surface area (Å²) in [4.78, 5) is 0. The first kappa shape index (κ1) is 18.2. The van der Waals surface area contributed by atoms with Crippen LogP contribution in [0.5, 0.6) is 0 Å². The second kappa shape index (κ2) is 17.2. The van der Waals surface area contributed by atoms with E-state index >= 15 is 0 Å². The van der Waals surface area contributed by atoms with Crippen LogP contribution in [0.15, 0.2) is 0 Å². The predicted octanol–water partition coefficient (Wildman–Crippen LogP) is 4.36. The topological polar surface area (TPSA) is 21.3 Å². The Labute approximate surface area is 119 Å². The van der Waals surface area contributed by atoms with Gasteiger partial charge >= 0.3 is 0 Å². The predicted molar refractivity (Wildman–Crippen MR) is 81.6 cm³/mol. The van der Waals surface area contributed by atoms with E-state index in [1.165, 1.54) is 51.4 Å². The Balaban J connectivity index is 2.86. The van der Waals surface area contributed by atoms with Gasteiger partial charge in [-0.05, 0) is 25.9 Å². The minimum atomic E-state index is 0.603. The molecule has 0 unspecified atom stereocenters. The number of hydrogen-bond acceptors (Lipinski definition) is 2. The molecule has 0 aromatic rings. The van der Waals surface area contributed by atoms with Gasteiger partial charge in [-0.1, -0.05) is 51.9 Å². The molecule has 0 aliphatic heterocycles. The van der Waals surface area contributed by atoms with Crippen LogP contribution in [0.25, 0.3) is 0 Å². The first-order valence-corrected chi connectivity index (χ1v) is 8.29. The molecule has 0 bridgehead atoms. The van der Waals surface area contributed by atoms with E-state index < -0.39 is 0 Å². The quantitative estimate of drug-likeness (QED) is 0.355. The fraction of sp³-hybridized carbons (Fsp3) is 1.00.